The van der Waals surface area contributed by atoms with Crippen molar-refractivity contribution in [3.63, 3.8) is 0 Å². The third kappa shape index (κ3) is 1.88. The van der Waals surface area contributed by atoms with Crippen LogP contribution in [0.25, 0.3) is 11.0 Å². The van der Waals surface area contributed by atoms with Gasteiger partial charge in [0.1, 0.15) is 5.58 Å². The smallest absolute Gasteiger partial charge is 0.230 e. The topological polar surface area (TPSA) is 82.2 Å². The fourth-order valence-corrected chi connectivity index (χ4v) is 3.16. The molecule has 0 saturated carbocycles. The molecule has 4 rings (SSSR count). The summed E-state index contributed by atoms with van der Waals surface area (Å²) in [5.41, 5.74) is 16.6. The van der Waals surface area contributed by atoms with Crippen LogP contribution >= 0.6 is 0 Å². The Morgan fingerprint density at radius 2 is 1.82 bits per heavy atom. The van der Waals surface area contributed by atoms with Gasteiger partial charge in [0.05, 0.1) is 5.69 Å². The van der Waals surface area contributed by atoms with Crippen LogP contribution in [0.1, 0.15) is 33.7 Å². The number of anilines is 2. The number of rotatable bonds is 2. The molecule has 0 atom stereocenters. The minimum Gasteiger partial charge on any atom is -0.450 e. The van der Waals surface area contributed by atoms with E-state index < -0.39 is 0 Å². The summed E-state index contributed by atoms with van der Waals surface area (Å²) in [6, 6.07) is 10.9. The van der Waals surface area contributed by atoms with Crippen molar-refractivity contribution < 1.29 is 9.21 Å². The Morgan fingerprint density at radius 1 is 1.05 bits per heavy atom. The molecule has 0 spiro atoms. The van der Waals surface area contributed by atoms with Crippen molar-refractivity contribution in [1.82, 2.24) is 0 Å². The molecule has 1 aliphatic rings. The summed E-state index contributed by atoms with van der Waals surface area (Å²) in [5.74, 6) is -0.0366. The molecule has 22 heavy (non-hydrogen) atoms. The Kier molecular flexibility index (Phi) is 2.73. The normalized spacial score (nSPS) is 13.5. The van der Waals surface area contributed by atoms with Gasteiger partial charge in [0.25, 0.3) is 0 Å². The molecule has 0 saturated heterocycles. The molecule has 0 fully saturated rings. The second kappa shape index (κ2) is 4.63. The van der Waals surface area contributed by atoms with E-state index in [1.54, 1.807) is 24.3 Å². The van der Waals surface area contributed by atoms with Gasteiger partial charge in [-0.2, -0.15) is 0 Å². The van der Waals surface area contributed by atoms with E-state index in [4.69, 9.17) is 15.9 Å². The summed E-state index contributed by atoms with van der Waals surface area (Å²) >= 11 is 0. The number of nitrogen functional groups attached to an aromatic ring is 2. The highest BCUT2D eigenvalue weighted by Gasteiger charge is 2.22. The van der Waals surface area contributed by atoms with Gasteiger partial charge in [0.15, 0.2) is 5.76 Å². The molecule has 3 aromatic rings. The lowest BCUT2D eigenvalue weighted by Gasteiger charge is -2.00. The van der Waals surface area contributed by atoms with E-state index >= 15 is 0 Å². The van der Waals surface area contributed by atoms with Crippen molar-refractivity contribution >= 4 is 28.1 Å². The van der Waals surface area contributed by atoms with Gasteiger partial charge in [0, 0.05) is 16.6 Å². The number of hydrogen-bond acceptors (Lipinski definition) is 4. The number of hydrogen-bond donors (Lipinski definition) is 2. The number of benzene rings is 2. The molecule has 1 aromatic heterocycles. The van der Waals surface area contributed by atoms with Crippen LogP contribution < -0.4 is 11.5 Å². The Hall–Kier alpha value is -2.75. The lowest BCUT2D eigenvalue weighted by Crippen LogP contribution is -2.03. The fourth-order valence-electron chi connectivity index (χ4n) is 3.16. The van der Waals surface area contributed by atoms with Gasteiger partial charge in [-0.15, -0.1) is 0 Å². The monoisotopic (exact) mass is 292 g/mol. The van der Waals surface area contributed by atoms with Gasteiger partial charge in [-0.3, -0.25) is 4.79 Å². The van der Waals surface area contributed by atoms with Gasteiger partial charge in [-0.05, 0) is 54.7 Å². The number of nitrogens with two attached hydrogens (primary N) is 2. The van der Waals surface area contributed by atoms with Crippen molar-refractivity contribution in [3.05, 3.63) is 58.8 Å². The molecule has 1 heterocycles. The highest BCUT2D eigenvalue weighted by Crippen LogP contribution is 2.35. The molecule has 4 heteroatoms. The maximum absolute atomic E-state index is 12.6. The Labute approximate surface area is 127 Å². The number of carbonyl (C=O) groups excluding carboxylic acids is 1. The van der Waals surface area contributed by atoms with Crippen LogP contribution in [0.3, 0.4) is 0 Å². The summed E-state index contributed by atoms with van der Waals surface area (Å²) in [6.45, 7) is 0. The number of carbonyl (C=O) groups is 1. The number of aryl methyl sites for hydroxylation is 2. The van der Waals surface area contributed by atoms with Gasteiger partial charge < -0.3 is 15.9 Å². The SMILES string of the molecule is Nc1cccc(C(=O)c2oc3cc4c(cc3c2N)CCC4)c1. The van der Waals surface area contributed by atoms with Gasteiger partial charge in [-0.1, -0.05) is 12.1 Å². The molecule has 2 aromatic carbocycles. The number of furan rings is 1. The van der Waals surface area contributed by atoms with E-state index in [0.29, 0.717) is 22.5 Å². The minimum atomic E-state index is -0.235. The Balaban J connectivity index is 1.85. The first-order valence-electron chi connectivity index (χ1n) is 7.37. The molecular weight excluding hydrogens is 276 g/mol. The molecule has 110 valence electrons. The highest BCUT2D eigenvalue weighted by atomic mass is 16.3. The zero-order chi connectivity index (χ0) is 15.3. The van der Waals surface area contributed by atoms with Gasteiger partial charge in [-0.25, -0.2) is 0 Å². The zero-order valence-electron chi connectivity index (χ0n) is 12.1. The molecule has 4 N–H and O–H groups in total. The van der Waals surface area contributed by atoms with Crippen LogP contribution in [-0.4, -0.2) is 5.78 Å². The van der Waals surface area contributed by atoms with Crippen LogP contribution in [0, 0.1) is 0 Å². The van der Waals surface area contributed by atoms with Crippen LogP contribution in [0.5, 0.6) is 0 Å². The van der Waals surface area contributed by atoms with E-state index in [1.807, 2.05) is 6.07 Å². The predicted octanol–water partition coefficient (Wildman–Crippen LogP) is 3.32. The van der Waals surface area contributed by atoms with E-state index in [2.05, 4.69) is 6.07 Å². The zero-order valence-corrected chi connectivity index (χ0v) is 12.1. The summed E-state index contributed by atoms with van der Waals surface area (Å²) in [7, 11) is 0. The maximum Gasteiger partial charge on any atom is 0.230 e. The van der Waals surface area contributed by atoms with Crippen molar-refractivity contribution in [2.24, 2.45) is 0 Å². The van der Waals surface area contributed by atoms with E-state index in [0.717, 1.165) is 24.6 Å². The Morgan fingerprint density at radius 3 is 2.59 bits per heavy atom. The van der Waals surface area contributed by atoms with Gasteiger partial charge >= 0.3 is 0 Å². The van der Waals surface area contributed by atoms with Gasteiger partial charge in [0.2, 0.25) is 5.78 Å². The second-order valence-corrected chi connectivity index (χ2v) is 5.77. The predicted molar refractivity (Wildman–Crippen MR) is 86.9 cm³/mol. The van der Waals surface area contributed by atoms with E-state index in [-0.39, 0.29) is 11.5 Å². The van der Waals surface area contributed by atoms with E-state index in [1.165, 1.54) is 11.1 Å². The third-order valence-corrected chi connectivity index (χ3v) is 4.30. The summed E-state index contributed by atoms with van der Waals surface area (Å²) < 4.78 is 5.76. The van der Waals surface area contributed by atoms with E-state index in [9.17, 15) is 4.79 Å². The van der Waals surface area contributed by atoms with Crippen molar-refractivity contribution in [1.29, 1.82) is 0 Å². The highest BCUT2D eigenvalue weighted by molar-refractivity contribution is 6.14. The van der Waals surface area contributed by atoms with Crippen LogP contribution in [-0.2, 0) is 12.8 Å². The van der Waals surface area contributed by atoms with Crippen molar-refractivity contribution in [2.75, 3.05) is 11.5 Å². The summed E-state index contributed by atoms with van der Waals surface area (Å²) in [5, 5.41) is 0.827. The standard InChI is InChI=1S/C18H16N2O2/c19-13-6-2-5-12(7-13)17(21)18-16(20)14-8-10-3-1-4-11(10)9-15(14)22-18/h2,5-9H,1,3-4,19-20H2. The first kappa shape index (κ1) is 13.0. The quantitative estimate of drug-likeness (QED) is 0.560. The largest absolute Gasteiger partial charge is 0.450 e. The molecule has 1 aliphatic carbocycles. The summed E-state index contributed by atoms with van der Waals surface area (Å²) in [6.07, 6.45) is 3.29. The molecule has 0 bridgehead atoms. The van der Waals surface area contributed by atoms with Crippen LogP contribution in [0.4, 0.5) is 11.4 Å². The number of ketones is 1. The molecule has 0 unspecified atom stereocenters. The lowest BCUT2D eigenvalue weighted by atomic mass is 10.0. The third-order valence-electron chi connectivity index (χ3n) is 4.30. The lowest BCUT2D eigenvalue weighted by molar-refractivity contribution is 0.101. The molecule has 0 aliphatic heterocycles. The van der Waals surface area contributed by atoms with Crippen LogP contribution in [0.2, 0.25) is 0 Å². The average Bonchev–Trinajstić information content (AvgIpc) is 3.09. The molecule has 4 nitrogen and oxygen atoms in total. The number of fused-ring (bicyclic) bond motifs is 2. The molecule has 0 radical (unpaired) electrons. The minimum absolute atomic E-state index is 0.198. The van der Waals surface area contributed by atoms with Crippen LogP contribution in [0.15, 0.2) is 40.8 Å². The first-order valence-corrected chi connectivity index (χ1v) is 7.37. The molecular formula is C18H16N2O2. The fraction of sp³-hybridized carbons (Fsp3) is 0.167. The maximum atomic E-state index is 12.6. The average molecular weight is 292 g/mol. The van der Waals surface area contributed by atoms with Crippen molar-refractivity contribution in [3.8, 4) is 0 Å². The second-order valence-electron chi connectivity index (χ2n) is 5.77. The van der Waals surface area contributed by atoms with Crippen molar-refractivity contribution in [2.45, 2.75) is 19.3 Å². The first-order chi connectivity index (χ1) is 10.6. The Bertz CT molecular complexity index is 909. The molecule has 0 amide bonds. The summed E-state index contributed by atoms with van der Waals surface area (Å²) in [4.78, 5) is 12.6.